The van der Waals surface area contributed by atoms with E-state index in [1.165, 1.54) is 35.2 Å². The van der Waals surface area contributed by atoms with Crippen molar-refractivity contribution in [2.24, 2.45) is 0 Å². The molecule has 2 atom stereocenters. The molecule has 4 rings (SSSR count). The van der Waals surface area contributed by atoms with Gasteiger partial charge in [-0.05, 0) is 41.8 Å². The smallest absolute Gasteiger partial charge is 0.325 e. The molecular formula is C20H18F3N3O4S. The van der Waals surface area contributed by atoms with Crippen molar-refractivity contribution in [3.8, 4) is 11.1 Å². The van der Waals surface area contributed by atoms with Gasteiger partial charge in [0.2, 0.25) is 15.9 Å². The van der Waals surface area contributed by atoms with Gasteiger partial charge in [0.15, 0.2) is 0 Å². The molecule has 2 N–H and O–H groups in total. The quantitative estimate of drug-likeness (QED) is 0.747. The third-order valence-corrected chi connectivity index (χ3v) is 6.04. The Balaban J connectivity index is 1.69. The molecule has 0 aromatic heterocycles. The molecular weight excluding hydrogens is 435 g/mol. The first kappa shape index (κ1) is 21.3. The van der Waals surface area contributed by atoms with Crippen LogP contribution in [0.4, 0.5) is 18.9 Å². The third kappa shape index (κ3) is 4.28. The van der Waals surface area contributed by atoms with Crippen LogP contribution in [0.3, 0.4) is 0 Å². The number of anilines is 1. The number of nitrogens with one attached hydrogen (secondary N) is 2. The number of amides is 2. The van der Waals surface area contributed by atoms with E-state index < -0.39 is 45.7 Å². The summed E-state index contributed by atoms with van der Waals surface area (Å²) in [6.07, 6.45) is -3.38. The van der Waals surface area contributed by atoms with E-state index in [1.807, 2.05) is 0 Å². The second kappa shape index (κ2) is 7.34. The van der Waals surface area contributed by atoms with Crippen molar-refractivity contribution in [3.05, 3.63) is 53.6 Å². The standard InChI is InChI=1S/C20H18F3N3O4S/c1-31(29,30)25-14-9-17-18(27)24-16-6-5-12(8-15(16)19(28)26(17)10-14)11-3-2-4-13(7-11)20(21,22)23/h2-8,14,17,25H,9-10H2,1H3,(H,24,27)/t14-,17-/m1/s1. The van der Waals surface area contributed by atoms with E-state index in [9.17, 15) is 31.2 Å². The van der Waals surface area contributed by atoms with Gasteiger partial charge in [0.1, 0.15) is 6.04 Å². The van der Waals surface area contributed by atoms with E-state index in [0.717, 1.165) is 18.4 Å². The Kier molecular flexibility index (Phi) is 5.05. The lowest BCUT2D eigenvalue weighted by atomic mass is 9.99. The zero-order valence-electron chi connectivity index (χ0n) is 16.2. The molecule has 164 valence electrons. The Bertz CT molecular complexity index is 1180. The second-order valence-corrected chi connectivity index (χ2v) is 9.40. The van der Waals surface area contributed by atoms with E-state index in [0.29, 0.717) is 5.56 Å². The Morgan fingerprint density at radius 1 is 1.10 bits per heavy atom. The first-order valence-corrected chi connectivity index (χ1v) is 11.2. The summed E-state index contributed by atoms with van der Waals surface area (Å²) in [7, 11) is -3.53. The van der Waals surface area contributed by atoms with Crippen LogP contribution < -0.4 is 10.0 Å². The molecule has 31 heavy (non-hydrogen) atoms. The van der Waals surface area contributed by atoms with Gasteiger partial charge in [-0.2, -0.15) is 13.2 Å². The number of carbonyl (C=O) groups is 2. The summed E-state index contributed by atoms with van der Waals surface area (Å²) < 4.78 is 64.6. The lowest BCUT2D eigenvalue weighted by molar-refractivity contribution is -0.137. The number of carbonyl (C=O) groups excluding carboxylic acids is 2. The lowest BCUT2D eigenvalue weighted by Gasteiger charge is -2.20. The second-order valence-electron chi connectivity index (χ2n) is 7.62. The summed E-state index contributed by atoms with van der Waals surface area (Å²) in [6.45, 7) is 0.0111. The molecule has 11 heteroatoms. The molecule has 2 amide bonds. The maximum Gasteiger partial charge on any atom is 0.416 e. The van der Waals surface area contributed by atoms with Crippen molar-refractivity contribution in [1.82, 2.24) is 9.62 Å². The molecule has 0 spiro atoms. The first-order valence-electron chi connectivity index (χ1n) is 9.33. The van der Waals surface area contributed by atoms with E-state index in [4.69, 9.17) is 0 Å². The first-order chi connectivity index (χ1) is 14.4. The van der Waals surface area contributed by atoms with Crippen molar-refractivity contribution in [1.29, 1.82) is 0 Å². The molecule has 2 aliphatic rings. The number of hydrogen-bond acceptors (Lipinski definition) is 4. The number of halogens is 3. The van der Waals surface area contributed by atoms with Gasteiger partial charge in [-0.1, -0.05) is 18.2 Å². The Labute approximate surface area is 176 Å². The minimum absolute atomic E-state index is 0.0111. The Hall–Kier alpha value is -2.92. The summed E-state index contributed by atoms with van der Waals surface area (Å²) in [6, 6.07) is 7.73. The molecule has 0 radical (unpaired) electrons. The number of nitrogens with zero attached hydrogens (tertiary/aromatic N) is 1. The maximum absolute atomic E-state index is 13.2. The average Bonchev–Trinajstić information content (AvgIpc) is 3.05. The highest BCUT2D eigenvalue weighted by atomic mass is 32.2. The highest BCUT2D eigenvalue weighted by molar-refractivity contribution is 7.88. The van der Waals surface area contributed by atoms with E-state index in [-0.39, 0.29) is 29.8 Å². The van der Waals surface area contributed by atoms with Crippen molar-refractivity contribution in [2.45, 2.75) is 24.7 Å². The van der Waals surface area contributed by atoms with Crippen LogP contribution in [0.1, 0.15) is 22.3 Å². The monoisotopic (exact) mass is 453 g/mol. The molecule has 1 saturated heterocycles. The van der Waals surface area contributed by atoms with Crippen molar-refractivity contribution < 1.29 is 31.2 Å². The van der Waals surface area contributed by atoms with Gasteiger partial charge in [-0.15, -0.1) is 0 Å². The molecule has 2 aromatic rings. The minimum Gasteiger partial charge on any atom is -0.325 e. The van der Waals surface area contributed by atoms with Crippen LogP contribution in [-0.4, -0.2) is 50.0 Å². The number of benzene rings is 2. The molecule has 2 aliphatic heterocycles. The van der Waals surface area contributed by atoms with Crippen LogP contribution in [0.15, 0.2) is 42.5 Å². The van der Waals surface area contributed by atoms with Crippen LogP contribution in [0.2, 0.25) is 0 Å². The summed E-state index contributed by atoms with van der Waals surface area (Å²) in [5.74, 6) is -0.943. The van der Waals surface area contributed by atoms with E-state index in [1.54, 1.807) is 0 Å². The number of hydrogen-bond donors (Lipinski definition) is 2. The summed E-state index contributed by atoms with van der Waals surface area (Å²) in [5.41, 5.74) is 0.235. The number of fused-ring (bicyclic) bond motifs is 2. The Morgan fingerprint density at radius 3 is 2.48 bits per heavy atom. The van der Waals surface area contributed by atoms with Crippen LogP contribution in [-0.2, 0) is 21.0 Å². The lowest BCUT2D eigenvalue weighted by Crippen LogP contribution is -2.41. The van der Waals surface area contributed by atoms with Gasteiger partial charge in [0.25, 0.3) is 5.91 Å². The maximum atomic E-state index is 13.2. The molecule has 0 aliphatic carbocycles. The molecule has 2 aromatic carbocycles. The molecule has 0 saturated carbocycles. The van der Waals surface area contributed by atoms with Gasteiger partial charge < -0.3 is 10.2 Å². The molecule has 2 heterocycles. The van der Waals surface area contributed by atoms with Gasteiger partial charge in [0.05, 0.1) is 23.1 Å². The number of alkyl halides is 3. The number of rotatable bonds is 3. The van der Waals surface area contributed by atoms with Crippen molar-refractivity contribution in [2.75, 3.05) is 18.1 Å². The topological polar surface area (TPSA) is 95.6 Å². The summed E-state index contributed by atoms with van der Waals surface area (Å²) >= 11 is 0. The van der Waals surface area contributed by atoms with Crippen LogP contribution in [0, 0.1) is 0 Å². The zero-order chi connectivity index (χ0) is 22.6. The van der Waals surface area contributed by atoms with Gasteiger partial charge in [-0.3, -0.25) is 9.59 Å². The SMILES string of the molecule is CS(=O)(=O)N[C@@H]1C[C@@H]2C(=O)Nc3ccc(-c4cccc(C(F)(F)F)c4)cc3C(=O)N2C1. The van der Waals surface area contributed by atoms with Crippen molar-refractivity contribution >= 4 is 27.5 Å². The summed E-state index contributed by atoms with van der Waals surface area (Å²) in [4.78, 5) is 27.1. The predicted molar refractivity (Wildman–Crippen MR) is 107 cm³/mol. The Morgan fingerprint density at radius 2 is 1.81 bits per heavy atom. The normalized spacial score (nSPS) is 21.4. The molecule has 7 nitrogen and oxygen atoms in total. The average molecular weight is 453 g/mol. The minimum atomic E-state index is -4.50. The van der Waals surface area contributed by atoms with Crippen LogP contribution in [0.5, 0.6) is 0 Å². The highest BCUT2D eigenvalue weighted by Gasteiger charge is 2.43. The fraction of sp³-hybridized carbons (Fsp3) is 0.300. The molecule has 1 fully saturated rings. The molecule has 0 bridgehead atoms. The van der Waals surface area contributed by atoms with Gasteiger partial charge in [0, 0.05) is 12.6 Å². The highest BCUT2D eigenvalue weighted by Crippen LogP contribution is 2.35. The number of sulfonamides is 1. The van der Waals surface area contributed by atoms with E-state index >= 15 is 0 Å². The predicted octanol–water partition coefficient (Wildman–Crippen LogP) is 2.46. The fourth-order valence-corrected chi connectivity index (χ4v) is 4.73. The van der Waals surface area contributed by atoms with Crippen LogP contribution in [0.25, 0.3) is 11.1 Å². The summed E-state index contributed by atoms with van der Waals surface area (Å²) in [5, 5.41) is 2.66. The van der Waals surface area contributed by atoms with E-state index in [2.05, 4.69) is 10.0 Å². The van der Waals surface area contributed by atoms with Crippen molar-refractivity contribution in [3.63, 3.8) is 0 Å². The molecule has 0 unspecified atom stereocenters. The van der Waals surface area contributed by atoms with Gasteiger partial charge in [-0.25, -0.2) is 13.1 Å². The fourth-order valence-electron chi connectivity index (χ4n) is 3.95. The third-order valence-electron chi connectivity index (χ3n) is 5.28. The largest absolute Gasteiger partial charge is 0.416 e. The van der Waals surface area contributed by atoms with Gasteiger partial charge >= 0.3 is 6.18 Å². The van der Waals surface area contributed by atoms with Crippen LogP contribution >= 0.6 is 0 Å². The zero-order valence-corrected chi connectivity index (χ0v) is 17.0.